The Morgan fingerprint density at radius 2 is 1.75 bits per heavy atom. The van der Waals surface area contributed by atoms with Crippen LogP contribution in [0.5, 0.6) is 0 Å². The van der Waals surface area contributed by atoms with Crippen molar-refractivity contribution in [2.45, 2.75) is 13.0 Å². The molecule has 1 unspecified atom stereocenters. The highest BCUT2D eigenvalue weighted by atomic mass is 19.1. The number of hydrogen-bond acceptors (Lipinski definition) is 5. The first-order chi connectivity index (χ1) is 11.6. The van der Waals surface area contributed by atoms with E-state index >= 15 is 0 Å². The summed E-state index contributed by atoms with van der Waals surface area (Å²) in [4.78, 5) is 4.85. The second-order valence-electron chi connectivity index (χ2n) is 6.38. The largest absolute Gasteiger partial charge is 0.367 e. The van der Waals surface area contributed by atoms with Crippen LogP contribution in [0.4, 0.5) is 10.2 Å². The van der Waals surface area contributed by atoms with Gasteiger partial charge in [0.05, 0.1) is 5.69 Å². The molecule has 6 heteroatoms. The van der Waals surface area contributed by atoms with Gasteiger partial charge in [0.15, 0.2) is 0 Å². The standard InChI is InChI=1S/C18H24FN5/c1-14(24-11-9-23(2)10-12-24)13-20-18-8-7-17(21-22-18)15-3-5-16(19)6-4-15/h3-8,14H,9-13H2,1-2H3,(H,20,22). The smallest absolute Gasteiger partial charge is 0.148 e. The van der Waals surface area contributed by atoms with E-state index in [9.17, 15) is 4.39 Å². The lowest BCUT2D eigenvalue weighted by Gasteiger charge is -2.36. The van der Waals surface area contributed by atoms with Crippen molar-refractivity contribution >= 4 is 5.82 Å². The summed E-state index contributed by atoms with van der Waals surface area (Å²) in [6.45, 7) is 7.53. The SMILES string of the molecule is CC(CNc1ccc(-c2ccc(F)cc2)nn1)N1CCN(C)CC1. The van der Waals surface area contributed by atoms with Gasteiger partial charge in [-0.25, -0.2) is 4.39 Å². The Balaban J connectivity index is 1.53. The van der Waals surface area contributed by atoms with E-state index in [2.05, 4.69) is 39.3 Å². The molecule has 3 rings (SSSR count). The third-order valence-electron chi connectivity index (χ3n) is 4.54. The van der Waals surface area contributed by atoms with Crippen molar-refractivity contribution in [2.24, 2.45) is 0 Å². The predicted octanol–water partition coefficient (Wildman–Crippen LogP) is 2.33. The molecule has 1 aliphatic heterocycles. The van der Waals surface area contributed by atoms with Gasteiger partial charge in [0, 0.05) is 44.3 Å². The normalized spacial score (nSPS) is 17.6. The number of rotatable bonds is 5. The molecule has 0 bridgehead atoms. The number of nitrogens with zero attached hydrogens (tertiary/aromatic N) is 4. The maximum atomic E-state index is 13.0. The number of halogens is 1. The molecule has 5 nitrogen and oxygen atoms in total. The molecule has 1 N–H and O–H groups in total. The molecule has 0 saturated carbocycles. The molecule has 0 spiro atoms. The summed E-state index contributed by atoms with van der Waals surface area (Å²) in [6.07, 6.45) is 0. The van der Waals surface area contributed by atoms with Crippen LogP contribution < -0.4 is 5.32 Å². The van der Waals surface area contributed by atoms with Crippen LogP contribution in [0.25, 0.3) is 11.3 Å². The Bertz CT molecular complexity index is 635. The number of likely N-dealkylation sites (N-methyl/N-ethyl adjacent to an activating group) is 1. The molecule has 128 valence electrons. The molecular weight excluding hydrogens is 305 g/mol. The van der Waals surface area contributed by atoms with Crippen LogP contribution in [0.2, 0.25) is 0 Å². The minimum atomic E-state index is -0.247. The van der Waals surface area contributed by atoms with Crippen LogP contribution in [-0.2, 0) is 0 Å². The lowest BCUT2D eigenvalue weighted by molar-refractivity contribution is 0.123. The van der Waals surface area contributed by atoms with Gasteiger partial charge in [0.1, 0.15) is 11.6 Å². The van der Waals surface area contributed by atoms with Gasteiger partial charge in [-0.3, -0.25) is 4.90 Å². The third kappa shape index (κ3) is 4.27. The quantitative estimate of drug-likeness (QED) is 0.912. The Hall–Kier alpha value is -2.05. The van der Waals surface area contributed by atoms with Gasteiger partial charge < -0.3 is 10.2 Å². The molecule has 1 aromatic carbocycles. The number of hydrogen-bond donors (Lipinski definition) is 1. The van der Waals surface area contributed by atoms with E-state index in [4.69, 9.17) is 0 Å². The second-order valence-corrected chi connectivity index (χ2v) is 6.38. The third-order valence-corrected chi connectivity index (χ3v) is 4.54. The zero-order valence-electron chi connectivity index (χ0n) is 14.2. The molecule has 2 heterocycles. The van der Waals surface area contributed by atoms with Crippen LogP contribution in [0.3, 0.4) is 0 Å². The van der Waals surface area contributed by atoms with Crippen molar-refractivity contribution in [1.82, 2.24) is 20.0 Å². The highest BCUT2D eigenvalue weighted by Crippen LogP contribution is 2.17. The summed E-state index contributed by atoms with van der Waals surface area (Å²) in [5.41, 5.74) is 1.61. The Morgan fingerprint density at radius 1 is 1.04 bits per heavy atom. The van der Waals surface area contributed by atoms with E-state index in [0.29, 0.717) is 6.04 Å². The van der Waals surface area contributed by atoms with E-state index < -0.39 is 0 Å². The highest BCUT2D eigenvalue weighted by Gasteiger charge is 2.18. The molecular formula is C18H24FN5. The maximum Gasteiger partial charge on any atom is 0.148 e. The molecule has 1 aromatic heterocycles. The summed E-state index contributed by atoms with van der Waals surface area (Å²) < 4.78 is 13.0. The van der Waals surface area contributed by atoms with Crippen LogP contribution in [-0.4, -0.2) is 65.8 Å². The Kier molecular flexibility index (Phi) is 5.37. The van der Waals surface area contributed by atoms with Gasteiger partial charge >= 0.3 is 0 Å². The number of nitrogens with one attached hydrogen (secondary N) is 1. The average molecular weight is 329 g/mol. The van der Waals surface area contributed by atoms with E-state index in [1.54, 1.807) is 12.1 Å². The number of benzene rings is 1. The average Bonchev–Trinajstić information content (AvgIpc) is 2.61. The molecule has 0 amide bonds. The van der Waals surface area contributed by atoms with Crippen LogP contribution >= 0.6 is 0 Å². The first-order valence-electron chi connectivity index (χ1n) is 8.38. The van der Waals surface area contributed by atoms with E-state index in [1.165, 1.54) is 12.1 Å². The first-order valence-corrected chi connectivity index (χ1v) is 8.38. The van der Waals surface area contributed by atoms with E-state index in [-0.39, 0.29) is 5.82 Å². The molecule has 2 aromatic rings. The molecule has 0 aliphatic carbocycles. The fraction of sp³-hybridized carbons (Fsp3) is 0.444. The number of anilines is 1. The van der Waals surface area contributed by atoms with Crippen LogP contribution in [0, 0.1) is 5.82 Å². The summed E-state index contributed by atoms with van der Waals surface area (Å²) in [5.74, 6) is 0.518. The molecule has 1 aliphatic rings. The molecule has 1 saturated heterocycles. The summed E-state index contributed by atoms with van der Waals surface area (Å²) in [7, 11) is 2.17. The van der Waals surface area contributed by atoms with Crippen molar-refractivity contribution in [3.8, 4) is 11.3 Å². The Morgan fingerprint density at radius 3 is 2.38 bits per heavy atom. The monoisotopic (exact) mass is 329 g/mol. The van der Waals surface area contributed by atoms with E-state index in [0.717, 1.165) is 49.8 Å². The minimum Gasteiger partial charge on any atom is -0.367 e. The van der Waals surface area contributed by atoms with Crippen LogP contribution in [0.15, 0.2) is 36.4 Å². The minimum absolute atomic E-state index is 0.247. The van der Waals surface area contributed by atoms with Gasteiger partial charge in [-0.2, -0.15) is 0 Å². The molecule has 24 heavy (non-hydrogen) atoms. The molecule has 0 radical (unpaired) electrons. The predicted molar refractivity (Wildman–Crippen MR) is 94.4 cm³/mol. The van der Waals surface area contributed by atoms with Gasteiger partial charge in [-0.15, -0.1) is 10.2 Å². The van der Waals surface area contributed by atoms with E-state index in [1.807, 2.05) is 12.1 Å². The number of aromatic nitrogens is 2. The summed E-state index contributed by atoms with van der Waals surface area (Å²) in [5, 5.41) is 11.8. The van der Waals surface area contributed by atoms with Crippen molar-refractivity contribution < 1.29 is 4.39 Å². The lowest BCUT2D eigenvalue weighted by atomic mass is 10.1. The summed E-state index contributed by atoms with van der Waals surface area (Å²) >= 11 is 0. The van der Waals surface area contributed by atoms with Crippen molar-refractivity contribution in [3.05, 3.63) is 42.2 Å². The van der Waals surface area contributed by atoms with Gasteiger partial charge in [0.2, 0.25) is 0 Å². The topological polar surface area (TPSA) is 44.3 Å². The highest BCUT2D eigenvalue weighted by molar-refractivity contribution is 5.59. The van der Waals surface area contributed by atoms with Gasteiger partial charge in [-0.05, 0) is 50.4 Å². The van der Waals surface area contributed by atoms with Gasteiger partial charge in [0.25, 0.3) is 0 Å². The summed E-state index contributed by atoms with van der Waals surface area (Å²) in [6, 6.07) is 10.6. The lowest BCUT2D eigenvalue weighted by Crippen LogP contribution is -2.49. The van der Waals surface area contributed by atoms with Crippen molar-refractivity contribution in [3.63, 3.8) is 0 Å². The second kappa shape index (κ2) is 7.68. The van der Waals surface area contributed by atoms with Crippen molar-refractivity contribution in [1.29, 1.82) is 0 Å². The zero-order chi connectivity index (χ0) is 16.9. The zero-order valence-corrected chi connectivity index (χ0v) is 14.2. The maximum absolute atomic E-state index is 13.0. The Labute approximate surface area is 142 Å². The number of piperazine rings is 1. The first kappa shape index (κ1) is 16.8. The van der Waals surface area contributed by atoms with Crippen molar-refractivity contribution in [2.75, 3.05) is 45.1 Å². The van der Waals surface area contributed by atoms with Gasteiger partial charge in [-0.1, -0.05) is 0 Å². The fourth-order valence-corrected chi connectivity index (χ4v) is 2.85. The van der Waals surface area contributed by atoms with Crippen LogP contribution in [0.1, 0.15) is 6.92 Å². The fourth-order valence-electron chi connectivity index (χ4n) is 2.85. The molecule has 1 atom stereocenters. The molecule has 1 fully saturated rings.